The number of carbonyl (C=O) groups excluding carboxylic acids is 2. The first kappa shape index (κ1) is 22.5. The predicted octanol–water partition coefficient (Wildman–Crippen LogP) is 3.60. The number of ether oxygens (including phenoxy) is 1. The van der Waals surface area contributed by atoms with Gasteiger partial charge in [0.05, 0.1) is 18.5 Å². The number of nitrogens with one attached hydrogen (secondary N) is 2. The number of aryl methyl sites for hydroxylation is 2. The Labute approximate surface area is 191 Å². The zero-order valence-corrected chi connectivity index (χ0v) is 19.3. The maximum absolute atomic E-state index is 13.3. The van der Waals surface area contributed by atoms with Gasteiger partial charge in [-0.15, -0.1) is 0 Å². The van der Waals surface area contributed by atoms with Gasteiger partial charge < -0.3 is 10.1 Å². The van der Waals surface area contributed by atoms with Crippen LogP contribution >= 0.6 is 0 Å². The molecule has 1 aliphatic rings. The van der Waals surface area contributed by atoms with E-state index in [1.54, 1.807) is 37.3 Å². The topological polar surface area (TPSA) is 119 Å². The minimum atomic E-state index is -4.02. The van der Waals surface area contributed by atoms with Crippen LogP contribution in [0.5, 0.6) is 5.75 Å². The molecule has 2 aromatic carbocycles. The second kappa shape index (κ2) is 8.70. The smallest absolute Gasteiger partial charge is 0.265 e. The number of methoxy groups -OCH3 is 1. The summed E-state index contributed by atoms with van der Waals surface area (Å²) in [4.78, 5) is 24.6. The van der Waals surface area contributed by atoms with E-state index in [0.717, 1.165) is 5.56 Å². The summed E-state index contributed by atoms with van der Waals surface area (Å²) in [5, 5.41) is 7.14. The van der Waals surface area contributed by atoms with Crippen molar-refractivity contribution in [3.8, 4) is 16.9 Å². The zero-order valence-electron chi connectivity index (χ0n) is 18.5. The Morgan fingerprint density at radius 1 is 1.15 bits per heavy atom. The summed E-state index contributed by atoms with van der Waals surface area (Å²) in [6, 6.07) is 11.8. The summed E-state index contributed by atoms with van der Waals surface area (Å²) in [7, 11) is -2.63. The third-order valence-corrected chi connectivity index (χ3v) is 6.87. The number of amides is 1. The molecule has 0 atom stereocenters. The molecule has 0 unspecified atom stereocenters. The lowest BCUT2D eigenvalue weighted by molar-refractivity contribution is -0.116. The molecule has 1 aromatic heterocycles. The molecule has 33 heavy (non-hydrogen) atoms. The molecule has 2 N–H and O–H groups in total. The Hall–Kier alpha value is -3.66. The highest BCUT2D eigenvalue weighted by molar-refractivity contribution is 7.92. The Balaban J connectivity index is 1.87. The first-order chi connectivity index (χ1) is 15.7. The van der Waals surface area contributed by atoms with Gasteiger partial charge in [0.15, 0.2) is 0 Å². The summed E-state index contributed by atoms with van der Waals surface area (Å²) < 4.78 is 35.8. The molecule has 10 heteroatoms. The fraction of sp³-hybridized carbons (Fsp3) is 0.261. The van der Waals surface area contributed by atoms with Gasteiger partial charge in [-0.3, -0.25) is 14.3 Å². The molecular formula is C23H24N4O5S. The van der Waals surface area contributed by atoms with Crippen molar-refractivity contribution in [1.29, 1.82) is 0 Å². The van der Waals surface area contributed by atoms with Gasteiger partial charge in [-0.2, -0.15) is 9.78 Å². The fourth-order valence-corrected chi connectivity index (χ4v) is 5.09. The molecule has 1 amide bonds. The van der Waals surface area contributed by atoms with Gasteiger partial charge in [-0.25, -0.2) is 8.42 Å². The predicted molar refractivity (Wildman–Crippen MR) is 124 cm³/mol. The molecule has 3 aromatic rings. The highest BCUT2D eigenvalue weighted by Gasteiger charge is 2.29. The largest absolute Gasteiger partial charge is 0.495 e. The van der Waals surface area contributed by atoms with E-state index in [1.165, 1.54) is 17.9 Å². The van der Waals surface area contributed by atoms with Crippen LogP contribution in [-0.2, 0) is 21.2 Å². The molecule has 0 bridgehead atoms. The van der Waals surface area contributed by atoms with E-state index in [2.05, 4.69) is 15.1 Å². The first-order valence-corrected chi connectivity index (χ1v) is 11.9. The minimum Gasteiger partial charge on any atom is -0.495 e. The lowest BCUT2D eigenvalue weighted by Crippen LogP contribution is -2.15. The monoisotopic (exact) mass is 468 g/mol. The third-order valence-electron chi connectivity index (χ3n) is 5.48. The van der Waals surface area contributed by atoms with Crippen molar-refractivity contribution in [2.45, 2.75) is 38.0 Å². The number of anilines is 2. The van der Waals surface area contributed by atoms with Crippen LogP contribution in [0.25, 0.3) is 11.1 Å². The van der Waals surface area contributed by atoms with Crippen molar-refractivity contribution in [3.63, 3.8) is 0 Å². The Kier molecular flexibility index (Phi) is 5.94. The van der Waals surface area contributed by atoms with Crippen LogP contribution in [0.3, 0.4) is 0 Å². The van der Waals surface area contributed by atoms with Crippen molar-refractivity contribution in [2.75, 3.05) is 17.1 Å². The maximum atomic E-state index is 13.3. The maximum Gasteiger partial charge on any atom is 0.265 e. The van der Waals surface area contributed by atoms with Crippen LogP contribution in [0.1, 0.15) is 35.8 Å². The number of hydrogen-bond donors (Lipinski definition) is 2. The van der Waals surface area contributed by atoms with E-state index >= 15 is 0 Å². The van der Waals surface area contributed by atoms with Crippen molar-refractivity contribution < 1.29 is 22.7 Å². The zero-order chi connectivity index (χ0) is 23.8. The van der Waals surface area contributed by atoms with Crippen LogP contribution in [0.15, 0.2) is 47.4 Å². The number of fused-ring (bicyclic) bond motifs is 1. The summed E-state index contributed by atoms with van der Waals surface area (Å²) >= 11 is 0. The molecule has 9 nitrogen and oxygen atoms in total. The third kappa shape index (κ3) is 4.21. The van der Waals surface area contributed by atoms with Crippen LogP contribution < -0.4 is 14.8 Å². The van der Waals surface area contributed by atoms with Gasteiger partial charge in [-0.05, 0) is 42.7 Å². The van der Waals surface area contributed by atoms with Crippen molar-refractivity contribution >= 4 is 33.3 Å². The van der Waals surface area contributed by atoms with E-state index in [0.29, 0.717) is 28.9 Å². The average Bonchev–Trinajstić information content (AvgIpc) is 3.10. The standard InChI is InChI=1S/C23H24N4O5S/c1-4-16-22(23-24-20(28)11-12-21(29)27(23)25-16)15-9-10-18(32-3)19(13-15)33(30,31)26-17-8-6-5-7-14(17)2/h5-10,13,26H,4,11-12H2,1-3H3,(H,24,28). The summed E-state index contributed by atoms with van der Waals surface area (Å²) in [6.07, 6.45) is 0.589. The average molecular weight is 469 g/mol. The SMILES string of the molecule is CCc1nn2c(c1-c1ccc(OC)c(S(=O)(=O)Nc3ccccc3C)c1)NC(=O)CCC2=O. The summed E-state index contributed by atoms with van der Waals surface area (Å²) in [5.41, 5.74) is 2.80. The lowest BCUT2D eigenvalue weighted by atomic mass is 10.0. The minimum absolute atomic E-state index is 0.0473. The van der Waals surface area contributed by atoms with Gasteiger partial charge in [-0.1, -0.05) is 31.2 Å². The van der Waals surface area contributed by atoms with E-state index in [9.17, 15) is 18.0 Å². The number of hydrogen-bond acceptors (Lipinski definition) is 6. The molecule has 0 radical (unpaired) electrons. The molecule has 0 spiro atoms. The van der Waals surface area contributed by atoms with E-state index in [-0.39, 0.29) is 41.1 Å². The quantitative estimate of drug-likeness (QED) is 0.570. The molecule has 0 saturated carbocycles. The second-order valence-corrected chi connectivity index (χ2v) is 9.31. The Morgan fingerprint density at radius 3 is 2.61 bits per heavy atom. The Morgan fingerprint density at radius 2 is 1.91 bits per heavy atom. The molecule has 1 aliphatic heterocycles. The van der Waals surface area contributed by atoms with Crippen molar-refractivity contribution in [1.82, 2.24) is 9.78 Å². The number of benzene rings is 2. The van der Waals surface area contributed by atoms with Gasteiger partial charge in [0.2, 0.25) is 11.8 Å². The van der Waals surface area contributed by atoms with Gasteiger partial charge in [0, 0.05) is 18.4 Å². The number of rotatable bonds is 6. The number of aromatic nitrogens is 2. The van der Waals surface area contributed by atoms with E-state index < -0.39 is 10.0 Å². The molecule has 0 aliphatic carbocycles. The number of nitrogens with zero attached hydrogens (tertiary/aromatic N) is 2. The molecular weight excluding hydrogens is 444 g/mol. The molecule has 2 heterocycles. The highest BCUT2D eigenvalue weighted by Crippen LogP contribution is 2.38. The van der Waals surface area contributed by atoms with E-state index in [4.69, 9.17) is 4.74 Å². The number of para-hydroxylation sites is 1. The van der Waals surface area contributed by atoms with Gasteiger partial charge in [0.25, 0.3) is 10.0 Å². The highest BCUT2D eigenvalue weighted by atomic mass is 32.2. The van der Waals surface area contributed by atoms with Crippen LogP contribution in [0, 0.1) is 6.92 Å². The second-order valence-electron chi connectivity index (χ2n) is 7.66. The molecule has 0 fully saturated rings. The summed E-state index contributed by atoms with van der Waals surface area (Å²) in [6.45, 7) is 3.68. The Bertz CT molecular complexity index is 1360. The fourth-order valence-electron chi connectivity index (χ4n) is 3.76. The molecule has 172 valence electrons. The van der Waals surface area contributed by atoms with Crippen LogP contribution in [0.2, 0.25) is 0 Å². The normalized spacial score (nSPS) is 13.8. The first-order valence-electron chi connectivity index (χ1n) is 10.5. The van der Waals surface area contributed by atoms with Crippen LogP contribution in [-0.4, -0.2) is 37.1 Å². The van der Waals surface area contributed by atoms with Gasteiger partial charge in [0.1, 0.15) is 16.5 Å². The van der Waals surface area contributed by atoms with E-state index in [1.807, 2.05) is 13.0 Å². The number of sulfonamides is 1. The molecule has 4 rings (SSSR count). The van der Waals surface area contributed by atoms with Gasteiger partial charge >= 0.3 is 0 Å². The van der Waals surface area contributed by atoms with Crippen LogP contribution in [0.4, 0.5) is 11.5 Å². The lowest BCUT2D eigenvalue weighted by Gasteiger charge is -2.15. The van der Waals surface area contributed by atoms with Crippen molar-refractivity contribution in [2.24, 2.45) is 0 Å². The summed E-state index contributed by atoms with van der Waals surface area (Å²) in [5.74, 6) is -0.184. The van der Waals surface area contributed by atoms with Crippen molar-refractivity contribution in [3.05, 3.63) is 53.7 Å². The number of carbonyl (C=O) groups is 2. The molecule has 0 saturated heterocycles.